The predicted octanol–water partition coefficient (Wildman–Crippen LogP) is 1.92. The van der Waals surface area contributed by atoms with E-state index in [-0.39, 0.29) is 11.6 Å². The third-order valence-corrected chi connectivity index (χ3v) is 3.33. The van der Waals surface area contributed by atoms with Gasteiger partial charge >= 0.3 is 0 Å². The minimum atomic E-state index is -0.289. The second kappa shape index (κ2) is 8.84. The van der Waals surface area contributed by atoms with Gasteiger partial charge in [0.15, 0.2) is 0 Å². The first-order valence-corrected chi connectivity index (χ1v) is 7.69. The fourth-order valence-corrected chi connectivity index (χ4v) is 2.13. The quantitative estimate of drug-likeness (QED) is 0.705. The number of aromatic nitrogens is 2. The van der Waals surface area contributed by atoms with Gasteiger partial charge in [-0.05, 0) is 25.1 Å². The van der Waals surface area contributed by atoms with E-state index in [1.807, 2.05) is 0 Å². The van der Waals surface area contributed by atoms with Gasteiger partial charge in [0.1, 0.15) is 17.2 Å². The van der Waals surface area contributed by atoms with Gasteiger partial charge in [-0.3, -0.25) is 4.79 Å². The standard InChI is InChI=1S/C17H22N4O4/c1-11-9-14(16(22)18-7-8-23-2)21-17(19-11)20-13-10-12(24-3)5-6-15(13)25-4/h5-6,9-10H,7-8H2,1-4H3,(H,18,22)(H,19,20,21). The summed E-state index contributed by atoms with van der Waals surface area (Å²) in [6, 6.07) is 6.95. The summed E-state index contributed by atoms with van der Waals surface area (Å²) in [6.45, 7) is 2.63. The number of benzene rings is 1. The maximum Gasteiger partial charge on any atom is 0.270 e. The van der Waals surface area contributed by atoms with Gasteiger partial charge in [0.2, 0.25) is 5.95 Å². The summed E-state index contributed by atoms with van der Waals surface area (Å²) in [5.74, 6) is 1.28. The average molecular weight is 346 g/mol. The van der Waals surface area contributed by atoms with Crippen molar-refractivity contribution >= 4 is 17.5 Å². The van der Waals surface area contributed by atoms with E-state index in [1.54, 1.807) is 52.5 Å². The van der Waals surface area contributed by atoms with Crippen LogP contribution >= 0.6 is 0 Å². The third-order valence-electron chi connectivity index (χ3n) is 3.33. The molecular formula is C17H22N4O4. The molecule has 1 amide bonds. The van der Waals surface area contributed by atoms with Crippen LogP contribution in [0.25, 0.3) is 0 Å². The van der Waals surface area contributed by atoms with Crippen molar-refractivity contribution in [3.05, 3.63) is 35.7 Å². The van der Waals surface area contributed by atoms with Crippen LogP contribution in [0, 0.1) is 6.92 Å². The zero-order chi connectivity index (χ0) is 18.2. The molecule has 1 aromatic heterocycles. The molecule has 134 valence electrons. The number of hydrogen-bond donors (Lipinski definition) is 2. The zero-order valence-electron chi connectivity index (χ0n) is 14.8. The lowest BCUT2D eigenvalue weighted by atomic mass is 10.2. The molecule has 1 heterocycles. The fourth-order valence-electron chi connectivity index (χ4n) is 2.13. The number of ether oxygens (including phenoxy) is 3. The maximum atomic E-state index is 12.2. The number of nitrogens with one attached hydrogen (secondary N) is 2. The van der Waals surface area contributed by atoms with Gasteiger partial charge in [0.25, 0.3) is 5.91 Å². The Morgan fingerprint density at radius 2 is 1.92 bits per heavy atom. The van der Waals surface area contributed by atoms with E-state index in [0.717, 1.165) is 0 Å². The number of aryl methyl sites for hydroxylation is 1. The van der Waals surface area contributed by atoms with Crippen molar-refractivity contribution in [2.45, 2.75) is 6.92 Å². The molecule has 0 unspecified atom stereocenters. The summed E-state index contributed by atoms with van der Waals surface area (Å²) in [5, 5.41) is 5.80. The van der Waals surface area contributed by atoms with Gasteiger partial charge in [-0.1, -0.05) is 0 Å². The summed E-state index contributed by atoms with van der Waals surface area (Å²) < 4.78 is 15.5. The van der Waals surface area contributed by atoms with Gasteiger partial charge in [-0.15, -0.1) is 0 Å². The molecule has 0 saturated heterocycles. The lowest BCUT2D eigenvalue weighted by Crippen LogP contribution is -2.28. The van der Waals surface area contributed by atoms with Crippen molar-refractivity contribution in [1.29, 1.82) is 0 Å². The second-order valence-corrected chi connectivity index (χ2v) is 5.16. The highest BCUT2D eigenvalue weighted by atomic mass is 16.5. The predicted molar refractivity (Wildman–Crippen MR) is 93.8 cm³/mol. The van der Waals surface area contributed by atoms with Crippen LogP contribution in [0.5, 0.6) is 11.5 Å². The van der Waals surface area contributed by atoms with Crippen LogP contribution in [-0.2, 0) is 4.74 Å². The van der Waals surface area contributed by atoms with Crippen molar-refractivity contribution in [3.8, 4) is 11.5 Å². The zero-order valence-corrected chi connectivity index (χ0v) is 14.8. The molecule has 2 N–H and O–H groups in total. The largest absolute Gasteiger partial charge is 0.497 e. The van der Waals surface area contributed by atoms with Crippen LogP contribution in [0.4, 0.5) is 11.6 Å². The van der Waals surface area contributed by atoms with Crippen LogP contribution < -0.4 is 20.1 Å². The summed E-state index contributed by atoms with van der Waals surface area (Å²) in [4.78, 5) is 20.8. The van der Waals surface area contributed by atoms with Crippen molar-refractivity contribution in [3.63, 3.8) is 0 Å². The van der Waals surface area contributed by atoms with E-state index in [4.69, 9.17) is 14.2 Å². The maximum absolute atomic E-state index is 12.2. The molecule has 0 saturated carbocycles. The molecule has 0 spiro atoms. The molecule has 1 aromatic carbocycles. The first-order chi connectivity index (χ1) is 12.1. The van der Waals surface area contributed by atoms with Crippen molar-refractivity contribution < 1.29 is 19.0 Å². The summed E-state index contributed by atoms with van der Waals surface area (Å²) in [5.41, 5.74) is 1.57. The summed E-state index contributed by atoms with van der Waals surface area (Å²) in [6.07, 6.45) is 0. The van der Waals surface area contributed by atoms with Gasteiger partial charge in [-0.2, -0.15) is 0 Å². The first-order valence-electron chi connectivity index (χ1n) is 7.69. The molecule has 0 aliphatic rings. The van der Waals surface area contributed by atoms with E-state index < -0.39 is 0 Å². The van der Waals surface area contributed by atoms with Gasteiger partial charge in [0, 0.05) is 25.4 Å². The Balaban J connectivity index is 2.24. The van der Waals surface area contributed by atoms with E-state index in [0.29, 0.717) is 42.0 Å². The summed E-state index contributed by atoms with van der Waals surface area (Å²) in [7, 11) is 4.72. The fraction of sp³-hybridized carbons (Fsp3) is 0.353. The van der Waals surface area contributed by atoms with E-state index in [1.165, 1.54) is 0 Å². The lowest BCUT2D eigenvalue weighted by molar-refractivity contribution is 0.0932. The normalized spacial score (nSPS) is 10.2. The first kappa shape index (κ1) is 18.5. The molecule has 8 nitrogen and oxygen atoms in total. The number of anilines is 2. The number of nitrogens with zero attached hydrogens (tertiary/aromatic N) is 2. The number of methoxy groups -OCH3 is 3. The van der Waals surface area contributed by atoms with Crippen LogP contribution in [0.15, 0.2) is 24.3 Å². The Morgan fingerprint density at radius 1 is 1.12 bits per heavy atom. The Morgan fingerprint density at radius 3 is 2.60 bits per heavy atom. The number of carbonyl (C=O) groups excluding carboxylic acids is 1. The number of rotatable bonds is 8. The number of hydrogen-bond acceptors (Lipinski definition) is 7. The van der Waals surface area contributed by atoms with Crippen molar-refractivity contribution in [1.82, 2.24) is 15.3 Å². The van der Waals surface area contributed by atoms with Crippen LogP contribution in [0.1, 0.15) is 16.2 Å². The van der Waals surface area contributed by atoms with Crippen molar-refractivity contribution in [2.24, 2.45) is 0 Å². The van der Waals surface area contributed by atoms with Gasteiger partial charge in [-0.25, -0.2) is 9.97 Å². The number of amides is 1. The molecule has 0 bridgehead atoms. The molecule has 0 aliphatic heterocycles. The molecule has 25 heavy (non-hydrogen) atoms. The Bertz CT molecular complexity index is 737. The van der Waals surface area contributed by atoms with Crippen molar-refractivity contribution in [2.75, 3.05) is 39.8 Å². The third kappa shape index (κ3) is 5.05. The van der Waals surface area contributed by atoms with E-state index in [2.05, 4.69) is 20.6 Å². The Hall–Kier alpha value is -2.87. The minimum absolute atomic E-state index is 0.271. The molecule has 0 atom stereocenters. The summed E-state index contributed by atoms with van der Waals surface area (Å²) >= 11 is 0. The smallest absolute Gasteiger partial charge is 0.270 e. The van der Waals surface area contributed by atoms with Crippen LogP contribution in [0.3, 0.4) is 0 Å². The molecule has 8 heteroatoms. The number of carbonyl (C=O) groups is 1. The average Bonchev–Trinajstić information content (AvgIpc) is 2.61. The molecule has 2 aromatic rings. The molecule has 2 rings (SSSR count). The Labute approximate surface area is 146 Å². The van der Waals surface area contributed by atoms with E-state index >= 15 is 0 Å². The minimum Gasteiger partial charge on any atom is -0.497 e. The highest BCUT2D eigenvalue weighted by Gasteiger charge is 2.12. The SMILES string of the molecule is COCCNC(=O)c1cc(C)nc(Nc2cc(OC)ccc2OC)n1. The van der Waals surface area contributed by atoms with Gasteiger partial charge < -0.3 is 24.8 Å². The monoisotopic (exact) mass is 346 g/mol. The second-order valence-electron chi connectivity index (χ2n) is 5.16. The highest BCUT2D eigenvalue weighted by molar-refractivity contribution is 5.92. The van der Waals surface area contributed by atoms with Crippen LogP contribution in [-0.4, -0.2) is 50.4 Å². The molecule has 0 fully saturated rings. The van der Waals surface area contributed by atoms with Gasteiger partial charge in [0.05, 0.1) is 26.5 Å². The highest BCUT2D eigenvalue weighted by Crippen LogP contribution is 2.30. The lowest BCUT2D eigenvalue weighted by Gasteiger charge is -2.12. The van der Waals surface area contributed by atoms with E-state index in [9.17, 15) is 4.79 Å². The topological polar surface area (TPSA) is 94.6 Å². The Kier molecular flexibility index (Phi) is 6.53. The molecular weight excluding hydrogens is 324 g/mol. The molecule has 0 radical (unpaired) electrons. The van der Waals surface area contributed by atoms with Crippen LogP contribution in [0.2, 0.25) is 0 Å². The molecule has 0 aliphatic carbocycles.